The fourth-order valence-corrected chi connectivity index (χ4v) is 7.63. The molecule has 0 saturated heterocycles. The van der Waals surface area contributed by atoms with E-state index in [2.05, 4.69) is 77.9 Å². The number of carbonyl (C=O) groups excluding carboxylic acids is 1. The van der Waals surface area contributed by atoms with Crippen LogP contribution in [0.4, 0.5) is 10.2 Å². The molecule has 0 radical (unpaired) electrons. The highest BCUT2D eigenvalue weighted by Crippen LogP contribution is 2.68. The van der Waals surface area contributed by atoms with Gasteiger partial charge in [0.15, 0.2) is 5.65 Å². The molecule has 2 aliphatic rings. The molecule has 8 nitrogen and oxygen atoms in total. The minimum atomic E-state index is -1.82. The van der Waals surface area contributed by atoms with E-state index in [1.165, 1.54) is 0 Å². The lowest BCUT2D eigenvalue weighted by Gasteiger charge is -2.31. The average molecular weight is 719 g/mol. The zero-order valence-electron chi connectivity index (χ0n) is 25.9. The van der Waals surface area contributed by atoms with Crippen molar-refractivity contribution in [2.45, 2.75) is 102 Å². The summed E-state index contributed by atoms with van der Waals surface area (Å²) in [7, 11) is -2.43. The minimum Gasteiger partial charge on any atom is -0.464 e. The highest BCUT2D eigenvalue weighted by Gasteiger charge is 2.74. The van der Waals surface area contributed by atoms with Crippen molar-refractivity contribution in [1.82, 2.24) is 14.6 Å². The molecule has 1 atom stereocenters. The van der Waals surface area contributed by atoms with E-state index >= 15 is 4.39 Å². The summed E-state index contributed by atoms with van der Waals surface area (Å²) in [5.74, 6) is 0.393. The Bertz CT molecular complexity index is 1190. The highest BCUT2D eigenvalue weighted by atomic mass is 127. The molecule has 1 unspecified atom stereocenters. The Kier molecular flexibility index (Phi) is 10.3. The number of carbonyl (C=O) groups is 1. The number of rotatable bonds is 14. The van der Waals surface area contributed by atoms with Crippen LogP contribution in [-0.2, 0) is 19.0 Å². The highest BCUT2D eigenvalue weighted by molar-refractivity contribution is 14.1. The number of alkyl halides is 1. The lowest BCUT2D eigenvalue weighted by molar-refractivity contribution is -0.153. The molecular formula is C29H48FIN4O4Si2. The van der Waals surface area contributed by atoms with Crippen molar-refractivity contribution in [3.05, 3.63) is 21.5 Å². The number of aromatic nitrogens is 3. The monoisotopic (exact) mass is 718 g/mol. The van der Waals surface area contributed by atoms with Crippen LogP contribution in [0.3, 0.4) is 0 Å². The molecule has 230 valence electrons. The van der Waals surface area contributed by atoms with Crippen molar-refractivity contribution in [1.29, 1.82) is 0 Å². The summed E-state index contributed by atoms with van der Waals surface area (Å²) in [6, 6.07) is 4.31. The molecule has 2 aromatic rings. The Labute approximate surface area is 260 Å². The molecule has 0 bridgehead atoms. The number of hydrogen-bond donors (Lipinski definition) is 0. The van der Waals surface area contributed by atoms with Gasteiger partial charge in [0.1, 0.15) is 19.3 Å². The van der Waals surface area contributed by atoms with Gasteiger partial charge in [-0.05, 0) is 67.3 Å². The maximum atomic E-state index is 15.5. The van der Waals surface area contributed by atoms with E-state index in [1.54, 1.807) is 6.92 Å². The molecule has 4 rings (SSSR count). The first-order valence-electron chi connectivity index (χ1n) is 15.0. The number of fused-ring (bicyclic) bond motifs is 1. The molecular weight excluding hydrogens is 670 g/mol. The number of anilines is 1. The van der Waals surface area contributed by atoms with Crippen LogP contribution in [0.5, 0.6) is 0 Å². The molecule has 0 aliphatic heterocycles. The lowest BCUT2D eigenvalue weighted by Crippen LogP contribution is -2.33. The molecule has 1 spiro atoms. The molecule has 2 fully saturated rings. The standard InChI is InChI=1S/C29H48FIN4O4Si2/c1-8-39-27(36)29(30)19-28(29)11-9-22(10-12-28)24-17-25(35-26(33-24)23(31)18-32-35)34(20-37-13-15-40(2,3)4)21-38-14-16-41(5,6)7/h17-18,22H,8-16,19-21H2,1-7H3. The molecule has 41 heavy (non-hydrogen) atoms. The van der Waals surface area contributed by atoms with Gasteiger partial charge >= 0.3 is 5.97 Å². The van der Waals surface area contributed by atoms with Crippen LogP contribution in [0.25, 0.3) is 5.65 Å². The maximum Gasteiger partial charge on any atom is 0.344 e. The largest absolute Gasteiger partial charge is 0.464 e. The van der Waals surface area contributed by atoms with Gasteiger partial charge in [0.05, 0.1) is 16.4 Å². The third-order valence-corrected chi connectivity index (χ3v) is 12.7. The van der Waals surface area contributed by atoms with E-state index in [0.29, 0.717) is 26.3 Å². The van der Waals surface area contributed by atoms with E-state index in [1.807, 2.05) is 10.7 Å². The van der Waals surface area contributed by atoms with Gasteiger partial charge in [0.25, 0.3) is 0 Å². The van der Waals surface area contributed by atoms with Gasteiger partial charge in [-0.25, -0.2) is 14.2 Å². The Balaban J connectivity index is 1.54. The summed E-state index contributed by atoms with van der Waals surface area (Å²) in [5, 5.41) is 4.66. The van der Waals surface area contributed by atoms with Crippen LogP contribution in [0.2, 0.25) is 51.4 Å². The van der Waals surface area contributed by atoms with Crippen LogP contribution in [0.1, 0.15) is 50.6 Å². The van der Waals surface area contributed by atoms with Crippen molar-refractivity contribution in [2.75, 3.05) is 38.2 Å². The number of halogens is 2. The van der Waals surface area contributed by atoms with Crippen LogP contribution in [0, 0.1) is 8.99 Å². The number of esters is 1. The molecule has 0 amide bonds. The minimum absolute atomic E-state index is 0.185. The maximum absolute atomic E-state index is 15.5. The van der Waals surface area contributed by atoms with E-state index in [9.17, 15) is 4.79 Å². The third-order valence-electron chi connectivity index (χ3n) is 8.50. The second-order valence-electron chi connectivity index (χ2n) is 14.3. The molecule has 2 saturated carbocycles. The smallest absolute Gasteiger partial charge is 0.344 e. The average Bonchev–Trinajstić information content (AvgIpc) is 3.28. The van der Waals surface area contributed by atoms with Crippen molar-refractivity contribution < 1.29 is 23.4 Å². The zero-order chi connectivity index (χ0) is 30.1. The van der Waals surface area contributed by atoms with E-state index < -0.39 is 33.2 Å². The number of ether oxygens (including phenoxy) is 3. The SMILES string of the molecule is CCOC(=O)C1(F)CC12CCC(c1cc(N(COCC[Si](C)(C)C)COCC[Si](C)(C)C)n3ncc(I)c3n1)CC2. The van der Waals surface area contributed by atoms with E-state index in [-0.39, 0.29) is 18.9 Å². The summed E-state index contributed by atoms with van der Waals surface area (Å²) in [6.07, 6.45) is 5.02. The first-order valence-corrected chi connectivity index (χ1v) is 23.5. The second-order valence-corrected chi connectivity index (χ2v) is 26.7. The van der Waals surface area contributed by atoms with Gasteiger partial charge in [0, 0.05) is 58.9 Å². The molecule has 0 N–H and O–H groups in total. The Hall–Kier alpha value is -1.10. The summed E-state index contributed by atoms with van der Waals surface area (Å²) < 4.78 is 35.8. The molecule has 12 heteroatoms. The number of nitrogens with zero attached hydrogens (tertiary/aromatic N) is 4. The third kappa shape index (κ3) is 7.90. The summed E-state index contributed by atoms with van der Waals surface area (Å²) in [4.78, 5) is 19.5. The van der Waals surface area contributed by atoms with Crippen molar-refractivity contribution in [3.63, 3.8) is 0 Å². The quantitative estimate of drug-likeness (QED) is 0.0680. The lowest BCUT2D eigenvalue weighted by atomic mass is 9.76. The van der Waals surface area contributed by atoms with Crippen LogP contribution >= 0.6 is 22.6 Å². The van der Waals surface area contributed by atoms with Gasteiger partial charge in [-0.1, -0.05) is 39.3 Å². The van der Waals surface area contributed by atoms with E-state index in [0.717, 1.165) is 58.9 Å². The number of hydrogen-bond acceptors (Lipinski definition) is 7. The van der Waals surface area contributed by atoms with Crippen LogP contribution in [-0.4, -0.2) is 75.7 Å². The summed E-state index contributed by atoms with van der Waals surface area (Å²) in [5.41, 5.74) is -0.607. The van der Waals surface area contributed by atoms with Gasteiger partial charge in [-0.15, -0.1) is 0 Å². The first kappa shape index (κ1) is 32.8. The topological polar surface area (TPSA) is 78.2 Å². The molecule has 0 aromatic carbocycles. The molecule has 2 aliphatic carbocycles. The Morgan fingerprint density at radius 3 is 2.22 bits per heavy atom. The van der Waals surface area contributed by atoms with Gasteiger partial charge < -0.3 is 19.1 Å². The van der Waals surface area contributed by atoms with Gasteiger partial charge in [-0.3, -0.25) is 0 Å². The van der Waals surface area contributed by atoms with Gasteiger partial charge in [0.2, 0.25) is 5.67 Å². The zero-order valence-corrected chi connectivity index (χ0v) is 30.1. The van der Waals surface area contributed by atoms with Crippen molar-refractivity contribution in [2.24, 2.45) is 5.41 Å². The van der Waals surface area contributed by atoms with Crippen molar-refractivity contribution in [3.8, 4) is 0 Å². The normalized spacial score (nSPS) is 24.7. The molecule has 2 heterocycles. The van der Waals surface area contributed by atoms with Gasteiger partial charge in [-0.2, -0.15) is 9.61 Å². The predicted molar refractivity (Wildman–Crippen MR) is 175 cm³/mol. The Morgan fingerprint density at radius 1 is 1.10 bits per heavy atom. The fourth-order valence-electron chi connectivity index (χ4n) is 5.64. The van der Waals surface area contributed by atoms with Crippen LogP contribution in [0.15, 0.2) is 12.3 Å². The van der Waals surface area contributed by atoms with Crippen molar-refractivity contribution >= 4 is 56.2 Å². The Morgan fingerprint density at radius 2 is 1.68 bits per heavy atom. The predicted octanol–water partition coefficient (Wildman–Crippen LogP) is 7.08. The summed E-state index contributed by atoms with van der Waals surface area (Å²) in [6.45, 7) is 18.3. The summed E-state index contributed by atoms with van der Waals surface area (Å²) >= 11 is 2.28. The van der Waals surface area contributed by atoms with Crippen LogP contribution < -0.4 is 4.90 Å². The first-order chi connectivity index (χ1) is 19.2. The second kappa shape index (κ2) is 12.9. The van der Waals surface area contributed by atoms with E-state index in [4.69, 9.17) is 19.2 Å². The fraction of sp³-hybridized carbons (Fsp3) is 0.759. The molecule has 2 aromatic heterocycles.